The second kappa shape index (κ2) is 18.9. The molecule has 9 nitrogen and oxygen atoms in total. The zero-order chi connectivity index (χ0) is 31.6. The molecule has 0 heterocycles. The van der Waals surface area contributed by atoms with Crippen molar-refractivity contribution in [1.29, 1.82) is 0 Å². The van der Waals surface area contributed by atoms with E-state index in [4.69, 9.17) is 18.9 Å². The van der Waals surface area contributed by atoms with Crippen molar-refractivity contribution in [3.8, 4) is 0 Å². The summed E-state index contributed by atoms with van der Waals surface area (Å²) < 4.78 is 21.2. The number of nitrogens with one attached hydrogen (secondary N) is 1. The Hall–Kier alpha value is -4.50. The van der Waals surface area contributed by atoms with Crippen LogP contribution in [0.3, 0.4) is 0 Å². The molecule has 0 aromatic heterocycles. The van der Waals surface area contributed by atoms with Crippen molar-refractivity contribution in [2.45, 2.75) is 45.3 Å². The number of methoxy groups -OCH3 is 1. The van der Waals surface area contributed by atoms with E-state index in [2.05, 4.69) is 5.32 Å². The van der Waals surface area contributed by atoms with Crippen molar-refractivity contribution >= 4 is 23.8 Å². The molecule has 3 aromatic carbocycles. The number of carbonyl (C=O) groups excluding carboxylic acids is 4. The van der Waals surface area contributed by atoms with Gasteiger partial charge in [0.1, 0.15) is 19.8 Å². The molecule has 0 fully saturated rings. The Morgan fingerprint density at radius 3 is 1.70 bits per heavy atom. The minimum absolute atomic E-state index is 0.0383. The summed E-state index contributed by atoms with van der Waals surface area (Å²) in [6.45, 7) is 2.41. The highest BCUT2D eigenvalue weighted by molar-refractivity contribution is 5.94. The minimum atomic E-state index is -1.13. The van der Waals surface area contributed by atoms with Gasteiger partial charge in [0.15, 0.2) is 5.92 Å². The molecule has 9 heteroatoms. The number of hydrogen-bond acceptors (Lipinski definition) is 8. The summed E-state index contributed by atoms with van der Waals surface area (Å²) in [7, 11) is 1.52. The summed E-state index contributed by atoms with van der Waals surface area (Å²) in [5.74, 6) is -3.99. The van der Waals surface area contributed by atoms with Gasteiger partial charge in [0.2, 0.25) is 5.91 Å². The van der Waals surface area contributed by atoms with Crippen molar-refractivity contribution < 1.29 is 38.1 Å². The highest BCUT2D eigenvalue weighted by Gasteiger charge is 2.31. The molecule has 2 atom stereocenters. The average molecular weight is 604 g/mol. The molecular weight excluding hydrogens is 562 g/mol. The Bertz CT molecular complexity index is 1240. The van der Waals surface area contributed by atoms with Gasteiger partial charge in [-0.2, -0.15) is 0 Å². The van der Waals surface area contributed by atoms with Gasteiger partial charge in [-0.3, -0.25) is 19.2 Å². The topological polar surface area (TPSA) is 117 Å². The monoisotopic (exact) mass is 603 g/mol. The molecule has 0 aliphatic rings. The molecule has 0 saturated heterocycles. The summed E-state index contributed by atoms with van der Waals surface area (Å²) >= 11 is 0. The van der Waals surface area contributed by atoms with Crippen LogP contribution >= 0.6 is 0 Å². The van der Waals surface area contributed by atoms with Crippen LogP contribution in [-0.2, 0) is 51.3 Å². The second-order valence-electron chi connectivity index (χ2n) is 10.6. The molecule has 0 aliphatic carbocycles. The second-order valence-corrected chi connectivity index (χ2v) is 10.6. The fourth-order valence-electron chi connectivity index (χ4n) is 4.50. The highest BCUT2D eigenvalue weighted by Crippen LogP contribution is 2.21. The van der Waals surface area contributed by atoms with E-state index in [0.717, 1.165) is 16.7 Å². The smallest absolute Gasteiger partial charge is 0.320 e. The molecule has 0 spiro atoms. The van der Waals surface area contributed by atoms with E-state index in [1.165, 1.54) is 7.11 Å². The first-order valence-electron chi connectivity index (χ1n) is 14.8. The molecule has 3 aromatic rings. The van der Waals surface area contributed by atoms with Crippen LogP contribution in [0, 0.1) is 11.8 Å². The number of ether oxygens (including phenoxy) is 4. The van der Waals surface area contributed by atoms with Crippen LogP contribution in [0.15, 0.2) is 91.0 Å². The van der Waals surface area contributed by atoms with Gasteiger partial charge in [-0.25, -0.2) is 0 Å². The number of benzene rings is 3. The Morgan fingerprint density at radius 1 is 0.659 bits per heavy atom. The molecular formula is C35H41NO8. The first-order valence-corrected chi connectivity index (χ1v) is 14.8. The van der Waals surface area contributed by atoms with E-state index >= 15 is 0 Å². The van der Waals surface area contributed by atoms with Crippen LogP contribution in [0.5, 0.6) is 0 Å². The first kappa shape index (κ1) is 34.0. The largest absolute Gasteiger partial charge is 0.463 e. The predicted molar refractivity (Wildman–Crippen MR) is 164 cm³/mol. The SMILES string of the molecule is COCCOC(=O)C(CNC(=O)C[C@H](C)CCC(C(=O)OCc1ccccc1)C(=O)OCc1ccccc1)c1ccccc1. The van der Waals surface area contributed by atoms with Gasteiger partial charge in [-0.1, -0.05) is 97.9 Å². The highest BCUT2D eigenvalue weighted by atomic mass is 16.6. The van der Waals surface area contributed by atoms with Gasteiger partial charge < -0.3 is 24.3 Å². The molecule has 3 rings (SSSR count). The van der Waals surface area contributed by atoms with Crippen molar-refractivity contribution in [1.82, 2.24) is 5.32 Å². The lowest BCUT2D eigenvalue weighted by molar-refractivity contribution is -0.164. The lowest BCUT2D eigenvalue weighted by atomic mass is 9.94. The third kappa shape index (κ3) is 12.0. The van der Waals surface area contributed by atoms with Crippen LogP contribution in [0.1, 0.15) is 48.8 Å². The van der Waals surface area contributed by atoms with Crippen molar-refractivity contribution in [3.05, 3.63) is 108 Å². The quantitative estimate of drug-likeness (QED) is 0.0936. The van der Waals surface area contributed by atoms with Crippen LogP contribution < -0.4 is 5.32 Å². The van der Waals surface area contributed by atoms with Gasteiger partial charge in [-0.05, 0) is 35.4 Å². The van der Waals surface area contributed by atoms with E-state index in [1.807, 2.05) is 97.9 Å². The number of amides is 1. The number of carbonyl (C=O) groups is 4. The number of esters is 3. The van der Waals surface area contributed by atoms with Crippen molar-refractivity contribution in [3.63, 3.8) is 0 Å². The third-order valence-electron chi connectivity index (χ3n) is 7.02. The van der Waals surface area contributed by atoms with Crippen molar-refractivity contribution in [2.24, 2.45) is 11.8 Å². The normalized spacial score (nSPS) is 12.2. The maximum absolute atomic E-state index is 13.0. The summed E-state index contributed by atoms with van der Waals surface area (Å²) in [5.41, 5.74) is 2.34. The molecule has 234 valence electrons. The molecule has 0 radical (unpaired) electrons. The minimum Gasteiger partial charge on any atom is -0.463 e. The fourth-order valence-corrected chi connectivity index (χ4v) is 4.50. The van der Waals surface area contributed by atoms with Gasteiger partial charge >= 0.3 is 17.9 Å². The van der Waals surface area contributed by atoms with Gasteiger partial charge in [0.05, 0.1) is 12.5 Å². The van der Waals surface area contributed by atoms with Gasteiger partial charge in [0, 0.05) is 20.1 Å². The zero-order valence-electron chi connectivity index (χ0n) is 25.3. The summed E-state index contributed by atoms with van der Waals surface area (Å²) in [4.78, 5) is 51.6. The Morgan fingerprint density at radius 2 is 1.18 bits per heavy atom. The van der Waals surface area contributed by atoms with Gasteiger partial charge in [0.25, 0.3) is 0 Å². The number of rotatable bonds is 18. The molecule has 1 amide bonds. The Kier molecular flexibility index (Phi) is 14.6. The lowest BCUT2D eigenvalue weighted by Gasteiger charge is -2.19. The Balaban J connectivity index is 1.55. The van der Waals surface area contributed by atoms with E-state index in [9.17, 15) is 19.2 Å². The standard InChI is InChI=1S/C35H41NO8/c1-26(22-32(37)36-23-31(29-16-10-5-11-17-29)35(40)42-21-20-41-2)18-19-30(33(38)43-24-27-12-6-3-7-13-27)34(39)44-25-28-14-8-4-9-15-28/h3-17,26,30-31H,18-25H2,1-2H3,(H,36,37)/t26-,31?/m1/s1. The molecule has 0 saturated carbocycles. The molecule has 1 N–H and O–H groups in total. The third-order valence-corrected chi connectivity index (χ3v) is 7.02. The Labute approximate surface area is 258 Å². The predicted octanol–water partition coefficient (Wildman–Crippen LogP) is 4.99. The van der Waals surface area contributed by atoms with Crippen LogP contribution in [0.2, 0.25) is 0 Å². The molecule has 0 aliphatic heterocycles. The van der Waals surface area contributed by atoms with E-state index in [1.54, 1.807) is 0 Å². The molecule has 44 heavy (non-hydrogen) atoms. The summed E-state index contributed by atoms with van der Waals surface area (Å²) in [6, 6.07) is 27.5. The lowest BCUT2D eigenvalue weighted by Crippen LogP contribution is -2.34. The summed E-state index contributed by atoms with van der Waals surface area (Å²) in [6.07, 6.45) is 0.708. The fraction of sp³-hybridized carbons (Fsp3) is 0.371. The number of hydrogen-bond donors (Lipinski definition) is 1. The van der Waals surface area contributed by atoms with Crippen LogP contribution in [0.4, 0.5) is 0 Å². The molecule has 0 bridgehead atoms. The first-order chi connectivity index (χ1) is 21.4. The van der Waals surface area contributed by atoms with Crippen LogP contribution in [0.25, 0.3) is 0 Å². The maximum atomic E-state index is 13.0. The van der Waals surface area contributed by atoms with Gasteiger partial charge in [-0.15, -0.1) is 0 Å². The van der Waals surface area contributed by atoms with Crippen molar-refractivity contribution in [2.75, 3.05) is 26.9 Å². The van der Waals surface area contributed by atoms with E-state index < -0.39 is 29.7 Å². The van der Waals surface area contributed by atoms with E-state index in [0.29, 0.717) is 6.42 Å². The zero-order valence-corrected chi connectivity index (χ0v) is 25.3. The van der Waals surface area contributed by atoms with Crippen LogP contribution in [-0.4, -0.2) is 50.7 Å². The molecule has 1 unspecified atom stereocenters. The average Bonchev–Trinajstić information content (AvgIpc) is 3.04. The maximum Gasteiger partial charge on any atom is 0.320 e. The van der Waals surface area contributed by atoms with E-state index in [-0.39, 0.29) is 57.6 Å². The summed E-state index contributed by atoms with van der Waals surface area (Å²) in [5, 5.41) is 2.84.